The van der Waals surface area contributed by atoms with Crippen LogP contribution in [-0.4, -0.2) is 29.0 Å². The van der Waals surface area contributed by atoms with Gasteiger partial charge in [-0.25, -0.2) is 9.97 Å². The molecule has 20 heavy (non-hydrogen) atoms. The van der Waals surface area contributed by atoms with Gasteiger partial charge in [0.2, 0.25) is 0 Å². The number of hydrogen-bond acceptors (Lipinski definition) is 5. The Balaban J connectivity index is 1.82. The Bertz CT molecular complexity index is 565. The molecule has 0 radical (unpaired) electrons. The molecule has 2 aromatic heterocycles. The van der Waals surface area contributed by atoms with Crippen LogP contribution in [0.2, 0.25) is 0 Å². The van der Waals surface area contributed by atoms with Crippen LogP contribution in [-0.2, 0) is 6.42 Å². The van der Waals surface area contributed by atoms with Gasteiger partial charge >= 0.3 is 0 Å². The van der Waals surface area contributed by atoms with Gasteiger partial charge in [-0.2, -0.15) is 0 Å². The van der Waals surface area contributed by atoms with Crippen molar-refractivity contribution < 1.29 is 4.79 Å². The highest BCUT2D eigenvalue weighted by Gasteiger charge is 2.06. The molecule has 0 aliphatic rings. The summed E-state index contributed by atoms with van der Waals surface area (Å²) in [4.78, 5) is 20.5. The van der Waals surface area contributed by atoms with E-state index in [1.165, 1.54) is 0 Å². The van der Waals surface area contributed by atoms with Gasteiger partial charge in [0.1, 0.15) is 5.82 Å². The van der Waals surface area contributed by atoms with Crippen LogP contribution in [0, 0.1) is 6.92 Å². The smallest absolute Gasteiger partial charge is 0.252 e. The summed E-state index contributed by atoms with van der Waals surface area (Å²) in [6.07, 6.45) is 2.33. The lowest BCUT2D eigenvalue weighted by atomic mass is 10.2. The zero-order chi connectivity index (χ0) is 14.4. The molecule has 0 unspecified atom stereocenters. The third kappa shape index (κ3) is 4.03. The molecule has 2 heterocycles. The molecule has 0 aliphatic heterocycles. The van der Waals surface area contributed by atoms with Gasteiger partial charge in [0, 0.05) is 31.1 Å². The molecule has 0 atom stereocenters. The highest BCUT2D eigenvalue weighted by atomic mass is 32.1. The second-order valence-electron chi connectivity index (χ2n) is 4.33. The van der Waals surface area contributed by atoms with E-state index in [1.807, 2.05) is 25.3 Å². The normalized spacial score (nSPS) is 10.3. The van der Waals surface area contributed by atoms with E-state index < -0.39 is 0 Å². The molecule has 2 rings (SSSR count). The maximum atomic E-state index is 11.9. The minimum absolute atomic E-state index is 0.104. The van der Waals surface area contributed by atoms with Crippen LogP contribution >= 0.6 is 11.3 Å². The number of carbonyl (C=O) groups excluding carboxylic acids is 1. The fourth-order valence-electron chi connectivity index (χ4n) is 1.74. The highest BCUT2D eigenvalue weighted by Crippen LogP contribution is 2.08. The van der Waals surface area contributed by atoms with Crippen LogP contribution in [0.4, 0.5) is 5.82 Å². The molecular formula is C14H18N4OS. The van der Waals surface area contributed by atoms with E-state index in [9.17, 15) is 4.79 Å². The van der Waals surface area contributed by atoms with Crippen LogP contribution in [0.25, 0.3) is 0 Å². The number of rotatable bonds is 6. The Morgan fingerprint density at radius 2 is 2.25 bits per heavy atom. The van der Waals surface area contributed by atoms with Crippen LogP contribution < -0.4 is 10.6 Å². The van der Waals surface area contributed by atoms with Crippen molar-refractivity contribution in [3.8, 4) is 0 Å². The van der Waals surface area contributed by atoms with Gasteiger partial charge in [0.05, 0.1) is 16.3 Å². The lowest BCUT2D eigenvalue weighted by Crippen LogP contribution is -2.25. The molecule has 0 aromatic carbocycles. The van der Waals surface area contributed by atoms with Gasteiger partial charge in [-0.15, -0.1) is 11.3 Å². The van der Waals surface area contributed by atoms with Crippen molar-refractivity contribution in [2.75, 3.05) is 18.4 Å². The number of thiazole rings is 1. The van der Waals surface area contributed by atoms with Crippen molar-refractivity contribution in [3.05, 3.63) is 40.0 Å². The zero-order valence-electron chi connectivity index (χ0n) is 11.6. The molecule has 0 fully saturated rings. The fraction of sp³-hybridized carbons (Fsp3) is 0.357. The molecule has 0 saturated heterocycles. The lowest BCUT2D eigenvalue weighted by Gasteiger charge is -2.05. The van der Waals surface area contributed by atoms with Gasteiger partial charge in [0.25, 0.3) is 5.91 Å². The summed E-state index contributed by atoms with van der Waals surface area (Å²) in [6.45, 7) is 5.37. The average Bonchev–Trinajstić information content (AvgIpc) is 2.85. The lowest BCUT2D eigenvalue weighted by molar-refractivity contribution is 0.0954. The number of aromatic nitrogens is 2. The predicted molar refractivity (Wildman–Crippen MR) is 81.3 cm³/mol. The van der Waals surface area contributed by atoms with Crippen LogP contribution in [0.3, 0.4) is 0 Å². The Labute approximate surface area is 122 Å². The monoisotopic (exact) mass is 290 g/mol. The number of aryl methyl sites for hydroxylation is 1. The molecule has 5 nitrogen and oxygen atoms in total. The van der Waals surface area contributed by atoms with E-state index in [0.717, 1.165) is 29.5 Å². The van der Waals surface area contributed by atoms with Crippen molar-refractivity contribution >= 4 is 23.1 Å². The Morgan fingerprint density at radius 3 is 2.85 bits per heavy atom. The van der Waals surface area contributed by atoms with Crippen molar-refractivity contribution in [1.29, 1.82) is 0 Å². The van der Waals surface area contributed by atoms with Crippen molar-refractivity contribution in [2.24, 2.45) is 0 Å². The molecule has 0 saturated carbocycles. The van der Waals surface area contributed by atoms with Crippen LogP contribution in [0.15, 0.2) is 23.7 Å². The maximum absolute atomic E-state index is 11.9. The zero-order valence-corrected chi connectivity index (χ0v) is 12.5. The molecule has 1 amide bonds. The van der Waals surface area contributed by atoms with E-state index >= 15 is 0 Å². The Morgan fingerprint density at radius 1 is 1.40 bits per heavy atom. The van der Waals surface area contributed by atoms with E-state index in [1.54, 1.807) is 23.6 Å². The minimum Gasteiger partial charge on any atom is -0.370 e. The second kappa shape index (κ2) is 7.00. The minimum atomic E-state index is -0.104. The van der Waals surface area contributed by atoms with Crippen molar-refractivity contribution in [2.45, 2.75) is 20.3 Å². The summed E-state index contributed by atoms with van der Waals surface area (Å²) < 4.78 is 0. The van der Waals surface area contributed by atoms with Gasteiger partial charge in [0.15, 0.2) is 0 Å². The molecule has 2 aromatic rings. The summed E-state index contributed by atoms with van der Waals surface area (Å²) in [5.41, 5.74) is 1.59. The third-order valence-electron chi connectivity index (χ3n) is 2.72. The van der Waals surface area contributed by atoms with Crippen molar-refractivity contribution in [3.63, 3.8) is 0 Å². The third-order valence-corrected chi connectivity index (χ3v) is 3.54. The standard InChI is InChI=1S/C14H18N4OS/c1-3-15-13-5-4-11(8-17-13)14(19)16-7-6-12-9-20-10(2)18-12/h4-5,8-9H,3,6-7H2,1-2H3,(H,15,17)(H,16,19). The van der Waals surface area contributed by atoms with Crippen LogP contribution in [0.1, 0.15) is 28.0 Å². The number of anilines is 1. The van der Waals surface area contributed by atoms with Gasteiger partial charge in [-0.1, -0.05) is 0 Å². The molecule has 0 aliphatic carbocycles. The predicted octanol–water partition coefficient (Wildman–Crippen LogP) is 2.25. The number of pyridine rings is 1. The largest absolute Gasteiger partial charge is 0.370 e. The second-order valence-corrected chi connectivity index (χ2v) is 5.39. The van der Waals surface area contributed by atoms with E-state index in [0.29, 0.717) is 12.1 Å². The maximum Gasteiger partial charge on any atom is 0.252 e. The molecule has 6 heteroatoms. The quantitative estimate of drug-likeness (QED) is 0.856. The molecule has 106 valence electrons. The first-order valence-corrected chi connectivity index (χ1v) is 7.46. The first kappa shape index (κ1) is 14.5. The average molecular weight is 290 g/mol. The summed E-state index contributed by atoms with van der Waals surface area (Å²) in [5.74, 6) is 0.675. The summed E-state index contributed by atoms with van der Waals surface area (Å²) in [5, 5.41) is 9.04. The SMILES string of the molecule is CCNc1ccc(C(=O)NCCc2csc(C)n2)cn1. The topological polar surface area (TPSA) is 66.9 Å². The van der Waals surface area contributed by atoms with E-state index in [-0.39, 0.29) is 5.91 Å². The van der Waals surface area contributed by atoms with E-state index in [4.69, 9.17) is 0 Å². The summed E-state index contributed by atoms with van der Waals surface area (Å²) in [7, 11) is 0. The molecule has 2 N–H and O–H groups in total. The molecule has 0 bridgehead atoms. The van der Waals surface area contributed by atoms with Gasteiger partial charge < -0.3 is 10.6 Å². The van der Waals surface area contributed by atoms with Crippen LogP contribution in [0.5, 0.6) is 0 Å². The summed E-state index contributed by atoms with van der Waals surface area (Å²) >= 11 is 1.63. The number of nitrogens with zero attached hydrogens (tertiary/aromatic N) is 2. The fourth-order valence-corrected chi connectivity index (χ4v) is 2.39. The van der Waals surface area contributed by atoms with Gasteiger partial charge in [-0.3, -0.25) is 4.79 Å². The molecular weight excluding hydrogens is 272 g/mol. The Kier molecular flexibility index (Phi) is 5.06. The number of hydrogen-bond donors (Lipinski definition) is 2. The number of nitrogens with one attached hydrogen (secondary N) is 2. The highest BCUT2D eigenvalue weighted by molar-refractivity contribution is 7.09. The van der Waals surface area contributed by atoms with Gasteiger partial charge in [-0.05, 0) is 26.0 Å². The van der Waals surface area contributed by atoms with E-state index in [2.05, 4.69) is 20.6 Å². The first-order valence-electron chi connectivity index (χ1n) is 6.58. The molecule has 0 spiro atoms. The number of amides is 1. The first-order chi connectivity index (χ1) is 9.69. The number of carbonyl (C=O) groups is 1. The Hall–Kier alpha value is -1.95. The summed E-state index contributed by atoms with van der Waals surface area (Å²) in [6, 6.07) is 3.58. The van der Waals surface area contributed by atoms with Crippen molar-refractivity contribution in [1.82, 2.24) is 15.3 Å².